The third kappa shape index (κ3) is 1.71. The number of aryl methyl sites for hydroxylation is 1. The third-order valence-electron chi connectivity index (χ3n) is 1.88. The van der Waals surface area contributed by atoms with Gasteiger partial charge in [-0.1, -0.05) is 12.1 Å². The summed E-state index contributed by atoms with van der Waals surface area (Å²) in [7, 11) is 0. The molecule has 0 spiro atoms. The lowest BCUT2D eigenvalue weighted by molar-refractivity contribution is 0.0577. The van der Waals surface area contributed by atoms with E-state index < -0.39 is 0 Å². The molecule has 0 aliphatic carbocycles. The highest BCUT2D eigenvalue weighted by atomic mass is 35.5. The molecule has 0 radical (unpaired) electrons. The van der Waals surface area contributed by atoms with Crippen molar-refractivity contribution in [3.05, 3.63) is 23.8 Å². The van der Waals surface area contributed by atoms with Crippen LogP contribution in [0.5, 0.6) is 11.5 Å². The molecular weight excluding hydrogens is 190 g/mol. The highest BCUT2D eigenvalue weighted by Crippen LogP contribution is 2.36. The molecule has 1 aliphatic heterocycles. The van der Waals surface area contributed by atoms with Gasteiger partial charge < -0.3 is 15.2 Å². The van der Waals surface area contributed by atoms with Crippen LogP contribution < -0.4 is 15.2 Å². The summed E-state index contributed by atoms with van der Waals surface area (Å²) in [5, 5.41) is 0. The molecule has 72 valence electrons. The summed E-state index contributed by atoms with van der Waals surface area (Å²) in [5.74, 6) is 1.62. The monoisotopic (exact) mass is 201 g/mol. The predicted octanol–water partition coefficient (Wildman–Crippen LogP) is 1.47. The van der Waals surface area contributed by atoms with Crippen molar-refractivity contribution in [2.75, 3.05) is 6.54 Å². The van der Waals surface area contributed by atoms with Crippen molar-refractivity contribution < 1.29 is 9.47 Å². The van der Waals surface area contributed by atoms with Gasteiger partial charge in [0.2, 0.25) is 0 Å². The molecule has 1 unspecified atom stereocenters. The van der Waals surface area contributed by atoms with Crippen molar-refractivity contribution in [1.29, 1.82) is 0 Å². The Morgan fingerprint density at radius 3 is 2.77 bits per heavy atom. The second-order valence-corrected chi connectivity index (χ2v) is 2.80. The maximum Gasteiger partial charge on any atom is 0.253 e. The van der Waals surface area contributed by atoms with Gasteiger partial charge in [-0.3, -0.25) is 0 Å². The summed E-state index contributed by atoms with van der Waals surface area (Å²) >= 11 is 0. The Balaban J connectivity index is 0.000000845. The Labute approximate surface area is 83.2 Å². The van der Waals surface area contributed by atoms with Crippen LogP contribution in [0.1, 0.15) is 5.56 Å². The average molecular weight is 202 g/mol. The van der Waals surface area contributed by atoms with E-state index in [2.05, 4.69) is 0 Å². The van der Waals surface area contributed by atoms with Gasteiger partial charge in [0.05, 0.1) is 6.54 Å². The van der Waals surface area contributed by atoms with Crippen LogP contribution in [0.15, 0.2) is 18.2 Å². The average Bonchev–Trinajstić information content (AvgIpc) is 2.49. The lowest BCUT2D eigenvalue weighted by atomic mass is 10.2. The maximum absolute atomic E-state index is 5.44. The summed E-state index contributed by atoms with van der Waals surface area (Å²) in [6, 6.07) is 5.81. The van der Waals surface area contributed by atoms with E-state index in [1.165, 1.54) is 0 Å². The molecule has 1 atom stereocenters. The van der Waals surface area contributed by atoms with Crippen molar-refractivity contribution in [2.45, 2.75) is 13.2 Å². The molecule has 1 heterocycles. The van der Waals surface area contributed by atoms with Crippen LogP contribution in [0.2, 0.25) is 0 Å². The molecule has 0 aromatic heterocycles. The van der Waals surface area contributed by atoms with Crippen molar-refractivity contribution >= 4 is 12.4 Å². The second-order valence-electron chi connectivity index (χ2n) is 2.80. The Kier molecular flexibility index (Phi) is 3.01. The van der Waals surface area contributed by atoms with E-state index in [0.717, 1.165) is 17.1 Å². The number of rotatable bonds is 1. The molecule has 3 nitrogen and oxygen atoms in total. The van der Waals surface area contributed by atoms with Gasteiger partial charge in [0.25, 0.3) is 6.29 Å². The van der Waals surface area contributed by atoms with Gasteiger partial charge >= 0.3 is 0 Å². The molecule has 0 amide bonds. The van der Waals surface area contributed by atoms with Crippen molar-refractivity contribution in [3.63, 3.8) is 0 Å². The maximum atomic E-state index is 5.44. The quantitative estimate of drug-likeness (QED) is 0.749. The minimum absolute atomic E-state index is 0. The molecule has 1 aliphatic rings. The topological polar surface area (TPSA) is 44.5 Å². The van der Waals surface area contributed by atoms with Gasteiger partial charge in [0, 0.05) is 0 Å². The zero-order valence-electron chi connectivity index (χ0n) is 7.32. The molecule has 0 fully saturated rings. The highest BCUT2D eigenvalue weighted by molar-refractivity contribution is 5.85. The van der Waals surface area contributed by atoms with Crippen LogP contribution in [0.3, 0.4) is 0 Å². The van der Waals surface area contributed by atoms with E-state index in [9.17, 15) is 0 Å². The molecule has 1 aromatic rings. The van der Waals surface area contributed by atoms with E-state index in [0.29, 0.717) is 6.54 Å². The number of para-hydroxylation sites is 1. The van der Waals surface area contributed by atoms with E-state index >= 15 is 0 Å². The normalized spacial score (nSPS) is 18.2. The summed E-state index contributed by atoms with van der Waals surface area (Å²) in [5.41, 5.74) is 6.50. The van der Waals surface area contributed by atoms with Crippen LogP contribution in [-0.2, 0) is 0 Å². The number of halogens is 1. The Morgan fingerprint density at radius 1 is 1.38 bits per heavy atom. The van der Waals surface area contributed by atoms with Crippen LogP contribution in [0.4, 0.5) is 0 Å². The van der Waals surface area contributed by atoms with Gasteiger partial charge in [-0.05, 0) is 18.6 Å². The van der Waals surface area contributed by atoms with Crippen LogP contribution in [0, 0.1) is 6.92 Å². The van der Waals surface area contributed by atoms with Gasteiger partial charge in [-0.2, -0.15) is 0 Å². The van der Waals surface area contributed by atoms with Crippen molar-refractivity contribution in [1.82, 2.24) is 0 Å². The van der Waals surface area contributed by atoms with Crippen LogP contribution >= 0.6 is 12.4 Å². The minimum atomic E-state index is -0.305. The Bertz CT molecular complexity index is 304. The van der Waals surface area contributed by atoms with E-state index in [-0.39, 0.29) is 18.7 Å². The molecule has 13 heavy (non-hydrogen) atoms. The molecular formula is C9H12ClNO2. The largest absolute Gasteiger partial charge is 0.450 e. The number of nitrogens with two attached hydrogens (primary N) is 1. The first-order chi connectivity index (χ1) is 5.81. The van der Waals surface area contributed by atoms with Crippen LogP contribution in [0.25, 0.3) is 0 Å². The van der Waals surface area contributed by atoms with E-state index in [1.54, 1.807) is 0 Å². The summed E-state index contributed by atoms with van der Waals surface area (Å²) < 4.78 is 10.8. The third-order valence-corrected chi connectivity index (χ3v) is 1.88. The number of hydrogen-bond donors (Lipinski definition) is 1. The molecule has 0 saturated carbocycles. The number of ether oxygens (including phenoxy) is 2. The first-order valence-electron chi connectivity index (χ1n) is 3.94. The van der Waals surface area contributed by atoms with Gasteiger partial charge in [-0.25, -0.2) is 0 Å². The first-order valence-corrected chi connectivity index (χ1v) is 3.94. The van der Waals surface area contributed by atoms with Crippen molar-refractivity contribution in [3.8, 4) is 11.5 Å². The summed E-state index contributed by atoms with van der Waals surface area (Å²) in [6.45, 7) is 2.37. The SMILES string of the molecule is Cc1cccc2c1OC(CN)O2.Cl. The van der Waals surface area contributed by atoms with Crippen molar-refractivity contribution in [2.24, 2.45) is 5.73 Å². The number of fused-ring (bicyclic) bond motifs is 1. The molecule has 0 saturated heterocycles. The smallest absolute Gasteiger partial charge is 0.253 e. The lowest BCUT2D eigenvalue weighted by Crippen LogP contribution is -2.28. The Hall–Kier alpha value is -0.930. The number of benzene rings is 1. The standard InChI is InChI=1S/C9H11NO2.ClH/c1-6-3-2-4-7-9(6)12-8(5-10)11-7;/h2-4,8H,5,10H2,1H3;1H. The first kappa shape index (κ1) is 10.2. The van der Waals surface area contributed by atoms with Gasteiger partial charge in [0.15, 0.2) is 11.5 Å². The molecule has 4 heteroatoms. The summed E-state index contributed by atoms with van der Waals surface area (Å²) in [4.78, 5) is 0. The molecule has 2 N–H and O–H groups in total. The molecule has 2 rings (SSSR count). The minimum Gasteiger partial charge on any atom is -0.450 e. The second kappa shape index (κ2) is 3.85. The fraction of sp³-hybridized carbons (Fsp3) is 0.333. The fourth-order valence-corrected chi connectivity index (χ4v) is 1.26. The molecule has 1 aromatic carbocycles. The number of hydrogen-bond acceptors (Lipinski definition) is 3. The summed E-state index contributed by atoms with van der Waals surface area (Å²) in [6.07, 6.45) is -0.305. The highest BCUT2D eigenvalue weighted by Gasteiger charge is 2.23. The predicted molar refractivity (Wildman–Crippen MR) is 52.5 cm³/mol. The van der Waals surface area contributed by atoms with E-state index in [4.69, 9.17) is 15.2 Å². The Morgan fingerprint density at radius 2 is 2.15 bits per heavy atom. The zero-order valence-corrected chi connectivity index (χ0v) is 8.14. The molecule has 0 bridgehead atoms. The van der Waals surface area contributed by atoms with Crippen LogP contribution in [-0.4, -0.2) is 12.8 Å². The zero-order chi connectivity index (χ0) is 8.55. The van der Waals surface area contributed by atoms with Gasteiger partial charge in [0.1, 0.15) is 0 Å². The van der Waals surface area contributed by atoms with Gasteiger partial charge in [-0.15, -0.1) is 12.4 Å². The lowest BCUT2D eigenvalue weighted by Gasteiger charge is -2.05. The fourth-order valence-electron chi connectivity index (χ4n) is 1.26. The van der Waals surface area contributed by atoms with E-state index in [1.807, 2.05) is 25.1 Å².